The average Bonchev–Trinajstić information content (AvgIpc) is 3.43. The number of urea groups is 1. The maximum absolute atomic E-state index is 13.2. The Hall–Kier alpha value is -3.73. The minimum Gasteiger partial charge on any atom is -0.462 e. The molecule has 11 heteroatoms. The van der Waals surface area contributed by atoms with Crippen LogP contribution in [0, 0.1) is 0 Å². The average molecular weight is 485 g/mol. The number of anilines is 1. The number of hydrogen-bond acceptors (Lipinski definition) is 7. The summed E-state index contributed by atoms with van der Waals surface area (Å²) in [4.78, 5) is 64.4. The predicted octanol–water partition coefficient (Wildman–Crippen LogP) is 1.92. The molecule has 2 aromatic rings. The molecule has 1 aliphatic heterocycles. The van der Waals surface area contributed by atoms with Crippen LogP contribution in [0.4, 0.5) is 9.80 Å². The van der Waals surface area contributed by atoms with E-state index in [0.717, 1.165) is 34.6 Å². The van der Waals surface area contributed by atoms with Gasteiger partial charge in [-0.3, -0.25) is 19.3 Å². The number of benzene rings is 1. The molecule has 0 saturated carbocycles. The molecule has 1 unspecified atom stereocenters. The highest BCUT2D eigenvalue weighted by Gasteiger charge is 2.49. The number of esters is 1. The lowest BCUT2D eigenvalue weighted by molar-refractivity contribution is -0.133. The molecule has 1 aliphatic carbocycles. The minimum atomic E-state index is -1.47. The first-order valence-corrected chi connectivity index (χ1v) is 11.6. The van der Waals surface area contributed by atoms with E-state index < -0.39 is 41.8 Å². The highest BCUT2D eigenvalue weighted by atomic mass is 32.1. The van der Waals surface area contributed by atoms with Crippen molar-refractivity contribution >= 4 is 46.1 Å². The lowest BCUT2D eigenvalue weighted by atomic mass is 9.90. The molecule has 0 spiro atoms. The lowest BCUT2D eigenvalue weighted by Crippen LogP contribution is -2.42. The molecule has 5 amide bonds. The summed E-state index contributed by atoms with van der Waals surface area (Å²) < 4.78 is 5.16. The van der Waals surface area contributed by atoms with Crippen LogP contribution in [0.2, 0.25) is 0 Å². The quantitative estimate of drug-likeness (QED) is 0.404. The number of carbonyl (C=O) groups is 5. The van der Waals surface area contributed by atoms with E-state index in [0.29, 0.717) is 16.1 Å². The summed E-state index contributed by atoms with van der Waals surface area (Å²) in [5.74, 6) is -2.44. The van der Waals surface area contributed by atoms with E-state index in [1.165, 1.54) is 30.4 Å². The summed E-state index contributed by atoms with van der Waals surface area (Å²) >= 11 is 1.31. The van der Waals surface area contributed by atoms with Crippen LogP contribution in [-0.2, 0) is 32.7 Å². The molecule has 10 nitrogen and oxygen atoms in total. The zero-order chi connectivity index (χ0) is 24.6. The van der Waals surface area contributed by atoms with Crippen molar-refractivity contribution in [3.05, 3.63) is 51.4 Å². The molecule has 1 aromatic carbocycles. The summed E-state index contributed by atoms with van der Waals surface area (Å²) in [6.45, 7) is 2.86. The molecule has 2 heterocycles. The lowest BCUT2D eigenvalue weighted by Gasteiger charge is -2.22. The fraction of sp³-hybridized carbons (Fsp3) is 0.348. The Bertz CT molecular complexity index is 1220. The summed E-state index contributed by atoms with van der Waals surface area (Å²) in [6, 6.07) is 5.34. The highest BCUT2D eigenvalue weighted by Crippen LogP contribution is 2.39. The van der Waals surface area contributed by atoms with Gasteiger partial charge in [-0.1, -0.05) is 12.1 Å². The van der Waals surface area contributed by atoms with Crippen molar-refractivity contribution in [2.75, 3.05) is 18.5 Å². The number of thiophene rings is 1. The Morgan fingerprint density at radius 2 is 2.03 bits per heavy atom. The third-order valence-electron chi connectivity index (χ3n) is 5.95. The fourth-order valence-corrected chi connectivity index (χ4v) is 5.53. The van der Waals surface area contributed by atoms with E-state index in [-0.39, 0.29) is 12.2 Å². The zero-order valence-corrected chi connectivity index (χ0v) is 19.5. The Morgan fingerprint density at radius 3 is 2.74 bits per heavy atom. The molecule has 4 rings (SSSR count). The van der Waals surface area contributed by atoms with Crippen molar-refractivity contribution in [3.63, 3.8) is 0 Å². The maximum Gasteiger partial charge on any atom is 0.341 e. The van der Waals surface area contributed by atoms with Gasteiger partial charge in [0.2, 0.25) is 11.8 Å². The summed E-state index contributed by atoms with van der Waals surface area (Å²) in [6.07, 6.45) is 2.48. The number of amides is 5. The second-order valence-corrected chi connectivity index (χ2v) is 9.33. The molecule has 0 radical (unpaired) electrons. The smallest absolute Gasteiger partial charge is 0.341 e. The van der Waals surface area contributed by atoms with Crippen molar-refractivity contribution in [3.8, 4) is 0 Å². The van der Waals surface area contributed by atoms with Gasteiger partial charge in [0.1, 0.15) is 17.1 Å². The number of fused-ring (bicyclic) bond motifs is 1. The maximum atomic E-state index is 13.2. The van der Waals surface area contributed by atoms with Gasteiger partial charge >= 0.3 is 12.0 Å². The largest absolute Gasteiger partial charge is 0.462 e. The van der Waals surface area contributed by atoms with Gasteiger partial charge in [-0.05, 0) is 56.4 Å². The van der Waals surface area contributed by atoms with Gasteiger partial charge in [0.05, 0.1) is 12.2 Å². The number of imide groups is 1. The standard InChI is InChI=1S/C23H24N4O6S/c1-3-33-20(30)17-14-8-5-9-15(14)34-19(17)25-16(28)11-27-21(31)23(2,26-22(27)32)13-7-4-6-12(10-13)18(24)29/h4,6-7,10H,3,5,8-9,11H2,1-2H3,(H2,24,29)(H,25,28)(H,26,32). The Balaban J connectivity index is 1.53. The zero-order valence-electron chi connectivity index (χ0n) is 18.7. The molecular formula is C23H24N4O6S. The first-order chi connectivity index (χ1) is 16.2. The van der Waals surface area contributed by atoms with Crippen LogP contribution in [0.3, 0.4) is 0 Å². The molecule has 34 heavy (non-hydrogen) atoms. The van der Waals surface area contributed by atoms with Crippen LogP contribution in [0.25, 0.3) is 0 Å². The molecule has 2 aliphatic rings. The molecule has 1 aromatic heterocycles. The second-order valence-electron chi connectivity index (χ2n) is 8.22. The van der Waals surface area contributed by atoms with Gasteiger partial charge in [-0.2, -0.15) is 0 Å². The van der Waals surface area contributed by atoms with Crippen LogP contribution in [0.15, 0.2) is 24.3 Å². The van der Waals surface area contributed by atoms with E-state index in [1.54, 1.807) is 19.1 Å². The number of primary amides is 1. The van der Waals surface area contributed by atoms with Crippen LogP contribution in [-0.4, -0.2) is 47.8 Å². The van der Waals surface area contributed by atoms with Gasteiger partial charge in [0, 0.05) is 10.4 Å². The molecule has 0 bridgehead atoms. The van der Waals surface area contributed by atoms with Crippen molar-refractivity contribution in [1.29, 1.82) is 0 Å². The third-order valence-corrected chi connectivity index (χ3v) is 7.16. The SMILES string of the molecule is CCOC(=O)c1c(NC(=O)CN2C(=O)NC(C)(c3cccc(C(N)=O)c3)C2=O)sc2c1CCC2. The van der Waals surface area contributed by atoms with Crippen molar-refractivity contribution in [2.45, 2.75) is 38.6 Å². The van der Waals surface area contributed by atoms with E-state index in [4.69, 9.17) is 10.5 Å². The second kappa shape index (κ2) is 8.90. The summed E-state index contributed by atoms with van der Waals surface area (Å²) in [5.41, 5.74) is 5.64. The van der Waals surface area contributed by atoms with Crippen LogP contribution < -0.4 is 16.4 Å². The molecule has 4 N–H and O–H groups in total. The normalized spacial score (nSPS) is 19.1. The molecule has 1 saturated heterocycles. The van der Waals surface area contributed by atoms with Crippen LogP contribution in [0.5, 0.6) is 0 Å². The first kappa shape index (κ1) is 23.4. The monoisotopic (exact) mass is 484 g/mol. The van der Waals surface area contributed by atoms with Gasteiger partial charge < -0.3 is 21.1 Å². The van der Waals surface area contributed by atoms with E-state index >= 15 is 0 Å². The number of hydrogen-bond donors (Lipinski definition) is 3. The number of nitrogens with two attached hydrogens (primary N) is 1. The van der Waals surface area contributed by atoms with Gasteiger partial charge in [0.15, 0.2) is 0 Å². The first-order valence-electron chi connectivity index (χ1n) is 10.8. The minimum absolute atomic E-state index is 0.189. The number of ether oxygens (including phenoxy) is 1. The summed E-state index contributed by atoms with van der Waals surface area (Å²) in [7, 11) is 0. The Kier molecular flexibility index (Phi) is 6.13. The van der Waals surface area contributed by atoms with Crippen LogP contribution >= 0.6 is 11.3 Å². The Morgan fingerprint density at radius 1 is 1.26 bits per heavy atom. The van der Waals surface area contributed by atoms with Gasteiger partial charge in [-0.25, -0.2) is 9.59 Å². The number of rotatable bonds is 7. The van der Waals surface area contributed by atoms with Crippen molar-refractivity contribution in [2.24, 2.45) is 5.73 Å². The molecule has 178 valence electrons. The highest BCUT2D eigenvalue weighted by molar-refractivity contribution is 7.17. The van der Waals surface area contributed by atoms with Gasteiger partial charge in [0.25, 0.3) is 5.91 Å². The number of aryl methyl sites for hydroxylation is 1. The number of nitrogens with zero attached hydrogens (tertiary/aromatic N) is 1. The number of carbonyl (C=O) groups excluding carboxylic acids is 5. The summed E-state index contributed by atoms with van der Waals surface area (Å²) in [5, 5.41) is 5.63. The van der Waals surface area contributed by atoms with Crippen LogP contribution in [0.1, 0.15) is 57.0 Å². The van der Waals surface area contributed by atoms with Gasteiger partial charge in [-0.15, -0.1) is 11.3 Å². The predicted molar refractivity (Wildman–Crippen MR) is 123 cm³/mol. The van der Waals surface area contributed by atoms with Crippen molar-refractivity contribution in [1.82, 2.24) is 10.2 Å². The topological polar surface area (TPSA) is 148 Å². The third kappa shape index (κ3) is 4.03. The number of nitrogens with one attached hydrogen (secondary N) is 2. The van der Waals surface area contributed by atoms with E-state index in [9.17, 15) is 24.0 Å². The molecular weight excluding hydrogens is 460 g/mol. The van der Waals surface area contributed by atoms with E-state index in [1.807, 2.05) is 0 Å². The Labute approximate surface area is 199 Å². The van der Waals surface area contributed by atoms with E-state index in [2.05, 4.69) is 10.6 Å². The fourth-order valence-electron chi connectivity index (χ4n) is 4.24. The van der Waals surface area contributed by atoms with Crippen molar-refractivity contribution < 1.29 is 28.7 Å². The molecule has 1 fully saturated rings. The molecule has 1 atom stereocenters.